The molecule has 0 saturated carbocycles. The third-order valence-electron chi connectivity index (χ3n) is 5.89. The Morgan fingerprint density at radius 1 is 1.42 bits per heavy atom. The molecule has 2 atom stereocenters. The van der Waals surface area contributed by atoms with E-state index in [1.54, 1.807) is 19.4 Å². The summed E-state index contributed by atoms with van der Waals surface area (Å²) in [5, 5.41) is 5.30. The van der Waals surface area contributed by atoms with Crippen LogP contribution in [0.1, 0.15) is 40.6 Å². The summed E-state index contributed by atoms with van der Waals surface area (Å²) in [6, 6.07) is 3.53. The molecule has 0 radical (unpaired) electrons. The lowest BCUT2D eigenvalue weighted by Gasteiger charge is -2.26. The Labute approximate surface area is 195 Å². The lowest BCUT2D eigenvalue weighted by Crippen LogP contribution is -2.39. The van der Waals surface area contributed by atoms with Crippen molar-refractivity contribution < 1.29 is 13.9 Å². The first kappa shape index (κ1) is 21.5. The first-order valence-electron chi connectivity index (χ1n) is 10.6. The number of nitrogens with one attached hydrogen (secondary N) is 2. The second kappa shape index (κ2) is 8.56. The van der Waals surface area contributed by atoms with Gasteiger partial charge in [0.15, 0.2) is 5.82 Å². The minimum absolute atomic E-state index is 0.0678. The number of thioether (sulfide) groups is 1. The summed E-state index contributed by atoms with van der Waals surface area (Å²) >= 11 is 1.42. The zero-order chi connectivity index (χ0) is 23.1. The predicted octanol–water partition coefficient (Wildman–Crippen LogP) is 2.42. The van der Waals surface area contributed by atoms with Gasteiger partial charge < -0.3 is 20.2 Å². The first-order valence-corrected chi connectivity index (χ1v) is 11.5. The van der Waals surface area contributed by atoms with Gasteiger partial charge in [-0.25, -0.2) is 10.4 Å². The van der Waals surface area contributed by atoms with Crippen molar-refractivity contribution in [2.24, 2.45) is 0 Å². The topological polar surface area (TPSA) is 131 Å². The number of hydrazine groups is 1. The van der Waals surface area contributed by atoms with Gasteiger partial charge in [-0.15, -0.1) is 0 Å². The van der Waals surface area contributed by atoms with Crippen molar-refractivity contribution in [2.45, 2.75) is 49.7 Å². The Morgan fingerprint density at radius 3 is 3.03 bits per heavy atom. The molecule has 4 N–H and O–H groups in total. The van der Waals surface area contributed by atoms with Gasteiger partial charge in [0, 0.05) is 22.9 Å². The first-order chi connectivity index (χ1) is 15.9. The highest BCUT2D eigenvalue weighted by Crippen LogP contribution is 2.47. The lowest BCUT2D eigenvalue weighted by atomic mass is 10.0. The van der Waals surface area contributed by atoms with Gasteiger partial charge in [0.2, 0.25) is 11.9 Å². The molecule has 1 amide bonds. The minimum Gasteiger partial charge on any atom is -0.496 e. The molecule has 0 spiro atoms. The number of carbonyl (C=O) groups excluding carboxylic acids is 1. The van der Waals surface area contributed by atoms with Crippen LogP contribution in [0.3, 0.4) is 0 Å². The Balaban J connectivity index is 1.37. The van der Waals surface area contributed by atoms with Crippen LogP contribution in [0.25, 0.3) is 0 Å². The van der Waals surface area contributed by atoms with Crippen LogP contribution in [0.15, 0.2) is 34.0 Å². The molecule has 172 valence electrons. The fraction of sp³-hybridized carbons (Fsp3) is 0.364. The number of hydrogen-bond donors (Lipinski definition) is 3. The Morgan fingerprint density at radius 2 is 2.27 bits per heavy atom. The number of nitrogen functional groups attached to an aromatic ring is 1. The summed E-state index contributed by atoms with van der Waals surface area (Å²) in [5.41, 5.74) is 13.3. The van der Waals surface area contributed by atoms with Gasteiger partial charge in [-0.2, -0.15) is 4.98 Å². The number of pyridine rings is 1. The second-order valence-corrected chi connectivity index (χ2v) is 9.27. The zero-order valence-electron chi connectivity index (χ0n) is 18.6. The van der Waals surface area contributed by atoms with Crippen LogP contribution in [-0.2, 0) is 17.9 Å². The second-order valence-electron chi connectivity index (χ2n) is 8.08. The van der Waals surface area contributed by atoms with Gasteiger partial charge in [-0.3, -0.25) is 14.8 Å². The van der Waals surface area contributed by atoms with Gasteiger partial charge in [0.05, 0.1) is 43.4 Å². The highest BCUT2D eigenvalue weighted by Gasteiger charge is 2.41. The van der Waals surface area contributed by atoms with Crippen LogP contribution in [0, 0.1) is 13.8 Å². The minimum atomic E-state index is -0.314. The van der Waals surface area contributed by atoms with E-state index >= 15 is 0 Å². The van der Waals surface area contributed by atoms with Crippen LogP contribution >= 0.6 is 11.8 Å². The molecule has 2 aliphatic rings. The van der Waals surface area contributed by atoms with Gasteiger partial charge in [-0.05, 0) is 32.4 Å². The molecular weight excluding hydrogens is 442 g/mol. The molecule has 5 heterocycles. The molecule has 3 aromatic heterocycles. The number of nitrogens with two attached hydrogens (primary N) is 1. The van der Waals surface area contributed by atoms with E-state index in [0.717, 1.165) is 39.0 Å². The van der Waals surface area contributed by atoms with Crippen molar-refractivity contribution in [2.75, 3.05) is 17.9 Å². The number of anilines is 2. The van der Waals surface area contributed by atoms with Crippen molar-refractivity contribution in [3.05, 3.63) is 52.7 Å². The van der Waals surface area contributed by atoms with E-state index in [1.165, 1.54) is 11.8 Å². The third kappa shape index (κ3) is 3.98. The van der Waals surface area contributed by atoms with Gasteiger partial charge in [0.25, 0.3) is 0 Å². The highest BCUT2D eigenvalue weighted by atomic mass is 32.2. The quantitative estimate of drug-likeness (QED) is 0.464. The van der Waals surface area contributed by atoms with E-state index in [4.69, 9.17) is 14.9 Å². The average molecular weight is 468 g/mol. The molecule has 0 bridgehead atoms. The van der Waals surface area contributed by atoms with Gasteiger partial charge >= 0.3 is 0 Å². The number of amides is 1. The molecule has 0 saturated heterocycles. The molecule has 10 nitrogen and oxygen atoms in total. The third-order valence-corrected chi connectivity index (χ3v) is 7.12. The maximum Gasteiger partial charge on any atom is 0.233 e. The number of hydrogen-bond acceptors (Lipinski definition) is 10. The Kier molecular flexibility index (Phi) is 5.59. The van der Waals surface area contributed by atoms with Crippen LogP contribution < -0.4 is 26.2 Å². The van der Waals surface area contributed by atoms with E-state index in [2.05, 4.69) is 25.7 Å². The molecule has 2 unspecified atom stereocenters. The predicted molar refractivity (Wildman–Crippen MR) is 124 cm³/mol. The van der Waals surface area contributed by atoms with E-state index in [-0.39, 0.29) is 23.1 Å². The summed E-state index contributed by atoms with van der Waals surface area (Å²) in [6.45, 7) is 4.79. The molecule has 5 rings (SSSR count). The lowest BCUT2D eigenvalue weighted by molar-refractivity contribution is -0.121. The number of aromatic nitrogens is 3. The molecule has 2 aliphatic heterocycles. The fourth-order valence-corrected chi connectivity index (χ4v) is 5.55. The molecule has 0 fully saturated rings. The molecule has 0 aliphatic carbocycles. The van der Waals surface area contributed by atoms with Crippen LogP contribution in [0.5, 0.6) is 5.75 Å². The largest absolute Gasteiger partial charge is 0.496 e. The standard InChI is InChI=1S/C22H25N7O3S/c1-11-8-24-15(12(2)18(11)31-3)10-29-19-17-14(28-29)7-16(33-21(17)27-22(23)26-19)20(30)25-9-13-5-4-6-32-13/h4-6,8,14,16,28H,7,9-10H2,1-3H3,(H,25,30)(H2,23,26,27). The fourth-order valence-electron chi connectivity index (χ4n) is 4.30. The Hall–Kier alpha value is -3.31. The molecule has 3 aromatic rings. The van der Waals surface area contributed by atoms with Crippen molar-refractivity contribution in [3.8, 4) is 5.75 Å². The molecule has 33 heavy (non-hydrogen) atoms. The van der Waals surface area contributed by atoms with Crippen molar-refractivity contribution in [1.29, 1.82) is 0 Å². The van der Waals surface area contributed by atoms with E-state index in [9.17, 15) is 4.79 Å². The number of nitrogens with zero attached hydrogens (tertiary/aromatic N) is 4. The number of methoxy groups -OCH3 is 1. The van der Waals surface area contributed by atoms with Gasteiger partial charge in [-0.1, -0.05) is 11.8 Å². The summed E-state index contributed by atoms with van der Waals surface area (Å²) < 4.78 is 10.9. The maximum atomic E-state index is 12.9. The number of rotatable bonds is 6. The number of aryl methyl sites for hydroxylation is 1. The van der Waals surface area contributed by atoms with Crippen molar-refractivity contribution in [1.82, 2.24) is 25.7 Å². The number of carbonyl (C=O) groups is 1. The van der Waals surface area contributed by atoms with Crippen molar-refractivity contribution >= 4 is 29.4 Å². The van der Waals surface area contributed by atoms with Gasteiger partial charge in [0.1, 0.15) is 16.5 Å². The molecule has 11 heteroatoms. The normalized spacial score (nSPS) is 18.8. The van der Waals surface area contributed by atoms with E-state index < -0.39 is 0 Å². The zero-order valence-corrected chi connectivity index (χ0v) is 19.4. The number of furan rings is 1. The highest BCUT2D eigenvalue weighted by molar-refractivity contribution is 8.00. The van der Waals surface area contributed by atoms with E-state index in [1.807, 2.05) is 31.1 Å². The van der Waals surface area contributed by atoms with E-state index in [0.29, 0.717) is 25.3 Å². The summed E-state index contributed by atoms with van der Waals surface area (Å²) in [4.78, 5) is 26.4. The Bertz CT molecular complexity index is 1200. The van der Waals surface area contributed by atoms with Crippen LogP contribution in [0.4, 0.5) is 11.8 Å². The molecule has 0 aromatic carbocycles. The van der Waals surface area contributed by atoms with Crippen LogP contribution in [-0.4, -0.2) is 33.2 Å². The SMILES string of the molecule is COc1c(C)cnc(CN2NC3CC(C(=O)NCc4ccco4)Sc4nc(N)nc2c43)c1C. The summed E-state index contributed by atoms with van der Waals surface area (Å²) in [7, 11) is 1.66. The summed E-state index contributed by atoms with van der Waals surface area (Å²) in [6.07, 6.45) is 4.00. The maximum absolute atomic E-state index is 12.9. The monoisotopic (exact) mass is 467 g/mol. The number of ether oxygens (including phenoxy) is 1. The smallest absolute Gasteiger partial charge is 0.233 e. The summed E-state index contributed by atoms with van der Waals surface area (Å²) in [5.74, 6) is 2.37. The molecular formula is C22H25N7O3S. The van der Waals surface area contributed by atoms with Crippen LogP contribution in [0.2, 0.25) is 0 Å². The van der Waals surface area contributed by atoms with Crippen molar-refractivity contribution in [3.63, 3.8) is 0 Å². The average Bonchev–Trinajstić information content (AvgIpc) is 3.43.